The van der Waals surface area contributed by atoms with Crippen LogP contribution in [0.25, 0.3) is 10.9 Å². The number of aromatic nitrogens is 1. The number of fused-ring (bicyclic) bond motifs is 1. The zero-order valence-corrected chi connectivity index (χ0v) is 10.6. The Labute approximate surface area is 115 Å². The van der Waals surface area contributed by atoms with Crippen molar-refractivity contribution in [1.82, 2.24) is 4.98 Å². The van der Waals surface area contributed by atoms with E-state index in [1.54, 1.807) is 0 Å². The van der Waals surface area contributed by atoms with Crippen molar-refractivity contribution in [2.75, 3.05) is 7.11 Å². The maximum atomic E-state index is 13.1. The zero-order valence-electron chi connectivity index (χ0n) is 10.6. The number of hydrogen-bond donors (Lipinski definition) is 1. The van der Waals surface area contributed by atoms with Crippen molar-refractivity contribution in [2.24, 2.45) is 0 Å². The number of non-ortho nitro benzene ring substituents is 1. The Hall–Kier alpha value is -2.58. The minimum atomic E-state index is -4.87. The summed E-state index contributed by atoms with van der Waals surface area (Å²) in [6, 6.07) is 3.42. The predicted molar refractivity (Wildman–Crippen MR) is 65.8 cm³/mol. The van der Waals surface area contributed by atoms with Crippen LogP contribution in [0.2, 0.25) is 0 Å². The van der Waals surface area contributed by atoms with Crippen LogP contribution in [0.1, 0.15) is 11.5 Å². The molecule has 112 valence electrons. The van der Waals surface area contributed by atoms with Crippen LogP contribution in [0.5, 0.6) is 0 Å². The van der Waals surface area contributed by atoms with Gasteiger partial charge in [0.25, 0.3) is 5.69 Å². The van der Waals surface area contributed by atoms with Gasteiger partial charge in [0, 0.05) is 34.8 Å². The first kappa shape index (κ1) is 14.8. The number of rotatable bonds is 3. The van der Waals surface area contributed by atoms with E-state index in [1.807, 2.05) is 0 Å². The molecule has 1 N–H and O–H groups in total. The first-order valence-electron chi connectivity index (χ1n) is 5.65. The molecule has 0 saturated carbocycles. The molecule has 0 aliphatic carbocycles. The normalized spacial score (nSPS) is 13.1. The second-order valence-electron chi connectivity index (χ2n) is 4.23. The molecule has 0 amide bonds. The van der Waals surface area contributed by atoms with Gasteiger partial charge in [0.05, 0.1) is 12.0 Å². The smallest absolute Gasteiger partial charge is 0.406 e. The van der Waals surface area contributed by atoms with E-state index in [1.165, 1.54) is 6.07 Å². The number of alkyl halides is 3. The van der Waals surface area contributed by atoms with E-state index in [4.69, 9.17) is 0 Å². The third kappa shape index (κ3) is 2.67. The number of methoxy groups -OCH3 is 1. The molecule has 1 unspecified atom stereocenters. The van der Waals surface area contributed by atoms with Crippen molar-refractivity contribution in [1.29, 1.82) is 0 Å². The van der Waals surface area contributed by atoms with Gasteiger partial charge in [-0.2, -0.15) is 13.2 Å². The van der Waals surface area contributed by atoms with Crippen LogP contribution in [0.4, 0.5) is 18.9 Å². The maximum absolute atomic E-state index is 13.1. The van der Waals surface area contributed by atoms with E-state index in [9.17, 15) is 28.1 Å². The molecular formula is C12H9F3N2O4. The van der Waals surface area contributed by atoms with Gasteiger partial charge in [-0.05, 0) is 6.07 Å². The summed E-state index contributed by atoms with van der Waals surface area (Å²) in [7, 11) is 0.846. The van der Waals surface area contributed by atoms with Crippen molar-refractivity contribution >= 4 is 22.6 Å². The molecule has 0 bridgehead atoms. The van der Waals surface area contributed by atoms with Crippen LogP contribution in [-0.4, -0.2) is 29.2 Å². The largest absolute Gasteiger partial charge is 0.468 e. The number of halogens is 3. The molecule has 2 rings (SSSR count). The maximum Gasteiger partial charge on any atom is 0.406 e. The number of hydrogen-bond acceptors (Lipinski definition) is 4. The summed E-state index contributed by atoms with van der Waals surface area (Å²) >= 11 is 0. The number of esters is 1. The highest BCUT2D eigenvalue weighted by atomic mass is 19.4. The first-order chi connectivity index (χ1) is 9.75. The number of aromatic amines is 1. The van der Waals surface area contributed by atoms with Crippen molar-refractivity contribution in [2.45, 2.75) is 12.1 Å². The van der Waals surface area contributed by atoms with Crippen LogP contribution in [0.15, 0.2) is 24.4 Å². The Morgan fingerprint density at radius 1 is 1.43 bits per heavy atom. The lowest BCUT2D eigenvalue weighted by Gasteiger charge is -2.17. The summed E-state index contributed by atoms with van der Waals surface area (Å²) in [4.78, 5) is 24.0. The lowest BCUT2D eigenvalue weighted by molar-refractivity contribution is -0.384. The quantitative estimate of drug-likeness (QED) is 0.536. The summed E-state index contributed by atoms with van der Waals surface area (Å²) in [5, 5.41) is 10.7. The summed E-state index contributed by atoms with van der Waals surface area (Å²) in [5.74, 6) is -3.98. The molecular weight excluding hydrogens is 293 g/mol. The zero-order chi connectivity index (χ0) is 15.8. The number of carbonyl (C=O) groups excluding carboxylic acids is 1. The number of nitro groups is 1. The summed E-state index contributed by atoms with van der Waals surface area (Å²) in [6.07, 6.45) is -3.86. The number of ether oxygens (including phenoxy) is 1. The molecule has 21 heavy (non-hydrogen) atoms. The topological polar surface area (TPSA) is 85.2 Å². The average Bonchev–Trinajstić information content (AvgIpc) is 2.80. The molecule has 0 radical (unpaired) electrons. The van der Waals surface area contributed by atoms with Crippen molar-refractivity contribution in [3.05, 3.63) is 40.1 Å². The molecule has 6 nitrogen and oxygen atoms in total. The van der Waals surface area contributed by atoms with Crippen LogP contribution >= 0.6 is 0 Å². The number of nitrogens with zero attached hydrogens (tertiary/aromatic N) is 1. The standard InChI is InChI=1S/C12H9F3N2O4/c1-21-11(18)10(12(13,14)15)8-5-16-9-3-2-6(17(19)20)4-7(8)9/h2-5,10,16H,1H3. The van der Waals surface area contributed by atoms with Crippen molar-refractivity contribution in [3.63, 3.8) is 0 Å². The van der Waals surface area contributed by atoms with E-state index in [0.717, 1.165) is 25.4 Å². The predicted octanol–water partition coefficient (Wildman–Crippen LogP) is 2.90. The summed E-state index contributed by atoms with van der Waals surface area (Å²) < 4.78 is 43.4. The highest BCUT2D eigenvalue weighted by Gasteiger charge is 2.48. The molecule has 0 aliphatic heterocycles. The second-order valence-corrected chi connectivity index (χ2v) is 4.23. The van der Waals surface area contributed by atoms with E-state index < -0.39 is 28.6 Å². The molecule has 1 atom stereocenters. The number of benzene rings is 1. The van der Waals surface area contributed by atoms with Gasteiger partial charge in [0.15, 0.2) is 5.92 Å². The number of nitro benzene ring substituents is 1. The van der Waals surface area contributed by atoms with E-state index in [-0.39, 0.29) is 16.6 Å². The molecule has 0 aliphatic rings. The van der Waals surface area contributed by atoms with Gasteiger partial charge >= 0.3 is 12.1 Å². The molecule has 1 heterocycles. The average molecular weight is 302 g/mol. The van der Waals surface area contributed by atoms with Gasteiger partial charge in [0.2, 0.25) is 0 Å². The Morgan fingerprint density at radius 2 is 2.10 bits per heavy atom. The van der Waals surface area contributed by atoms with Gasteiger partial charge in [-0.3, -0.25) is 14.9 Å². The summed E-state index contributed by atoms with van der Waals surface area (Å²) in [5.41, 5.74) is -0.518. The van der Waals surface area contributed by atoms with Crippen molar-refractivity contribution in [3.8, 4) is 0 Å². The van der Waals surface area contributed by atoms with Gasteiger partial charge in [-0.1, -0.05) is 0 Å². The Balaban J connectivity index is 2.65. The second kappa shape index (κ2) is 5.08. The minimum absolute atomic E-state index is 0.0445. The number of carbonyl (C=O) groups is 1. The SMILES string of the molecule is COC(=O)C(c1c[nH]c2ccc([N+](=O)[O-])cc12)C(F)(F)F. The molecule has 2 aromatic rings. The lowest BCUT2D eigenvalue weighted by Crippen LogP contribution is -2.29. The van der Waals surface area contributed by atoms with Crippen LogP contribution in [0, 0.1) is 10.1 Å². The monoisotopic (exact) mass is 302 g/mol. The molecule has 9 heteroatoms. The fraction of sp³-hybridized carbons (Fsp3) is 0.250. The van der Waals surface area contributed by atoms with E-state index in [2.05, 4.69) is 9.72 Å². The third-order valence-corrected chi connectivity index (χ3v) is 2.98. The van der Waals surface area contributed by atoms with Crippen LogP contribution in [-0.2, 0) is 9.53 Å². The minimum Gasteiger partial charge on any atom is -0.468 e. The van der Waals surface area contributed by atoms with Gasteiger partial charge in [0.1, 0.15) is 0 Å². The van der Waals surface area contributed by atoms with Gasteiger partial charge in [-0.25, -0.2) is 0 Å². The third-order valence-electron chi connectivity index (χ3n) is 2.98. The first-order valence-corrected chi connectivity index (χ1v) is 5.65. The summed E-state index contributed by atoms with van der Waals surface area (Å²) in [6.45, 7) is 0. The van der Waals surface area contributed by atoms with Gasteiger partial charge in [-0.15, -0.1) is 0 Å². The molecule has 1 aromatic heterocycles. The Morgan fingerprint density at radius 3 is 2.62 bits per heavy atom. The van der Waals surface area contributed by atoms with Crippen LogP contribution in [0.3, 0.4) is 0 Å². The van der Waals surface area contributed by atoms with E-state index >= 15 is 0 Å². The molecule has 1 aromatic carbocycles. The Bertz CT molecular complexity index is 708. The lowest BCUT2D eigenvalue weighted by atomic mass is 9.98. The molecule has 0 saturated heterocycles. The number of H-pyrrole nitrogens is 1. The van der Waals surface area contributed by atoms with Gasteiger partial charge < -0.3 is 9.72 Å². The molecule has 0 fully saturated rings. The highest BCUT2D eigenvalue weighted by molar-refractivity contribution is 5.91. The van der Waals surface area contributed by atoms with E-state index in [0.29, 0.717) is 0 Å². The van der Waals surface area contributed by atoms with Crippen molar-refractivity contribution < 1.29 is 27.6 Å². The highest BCUT2D eigenvalue weighted by Crippen LogP contribution is 2.39. The fourth-order valence-electron chi connectivity index (χ4n) is 2.04. The Kier molecular flexibility index (Phi) is 3.58. The fourth-order valence-corrected chi connectivity index (χ4v) is 2.04. The molecule has 0 spiro atoms. The number of nitrogens with one attached hydrogen (secondary N) is 1. The van der Waals surface area contributed by atoms with Crippen LogP contribution < -0.4 is 0 Å².